The Kier molecular flexibility index (Phi) is 4.85. The van der Waals surface area contributed by atoms with Gasteiger partial charge in [-0.25, -0.2) is 13.2 Å². The van der Waals surface area contributed by atoms with Gasteiger partial charge in [-0.2, -0.15) is 0 Å². The average molecular weight is 387 g/mol. The number of aromatic amines is 1. The monoisotopic (exact) mass is 387 g/mol. The predicted octanol–water partition coefficient (Wildman–Crippen LogP) is 3.83. The van der Waals surface area contributed by atoms with Crippen molar-refractivity contribution in [2.45, 2.75) is 24.8 Å². The number of rotatable bonds is 5. The molecule has 4 nitrogen and oxygen atoms in total. The molecular formula is C21H20F3N3O. The number of halogens is 3. The van der Waals surface area contributed by atoms with Gasteiger partial charge < -0.3 is 15.6 Å². The minimum absolute atomic E-state index is 0.0807. The zero-order chi connectivity index (χ0) is 19.8. The van der Waals surface area contributed by atoms with Crippen LogP contribution in [0.2, 0.25) is 0 Å². The molecule has 1 amide bonds. The summed E-state index contributed by atoms with van der Waals surface area (Å²) in [6, 6.07) is 8.28. The van der Waals surface area contributed by atoms with Crippen LogP contribution in [0.15, 0.2) is 36.4 Å². The first-order valence-electron chi connectivity index (χ1n) is 9.16. The maximum atomic E-state index is 14.3. The molecule has 2 aromatic carbocycles. The Balaban J connectivity index is 1.69. The van der Waals surface area contributed by atoms with E-state index >= 15 is 0 Å². The van der Waals surface area contributed by atoms with E-state index in [4.69, 9.17) is 0 Å². The van der Waals surface area contributed by atoms with Crippen molar-refractivity contribution in [3.05, 3.63) is 59.4 Å². The summed E-state index contributed by atoms with van der Waals surface area (Å²) >= 11 is 0. The highest BCUT2D eigenvalue weighted by Crippen LogP contribution is 2.45. The number of hydrogen-bond donors (Lipinski definition) is 3. The molecule has 0 bridgehead atoms. The number of benzene rings is 2. The maximum Gasteiger partial charge on any atom is 0.233 e. The molecule has 4 rings (SSSR count). The fourth-order valence-corrected chi connectivity index (χ4v) is 3.85. The van der Waals surface area contributed by atoms with Crippen LogP contribution in [0.1, 0.15) is 24.3 Å². The van der Waals surface area contributed by atoms with Gasteiger partial charge in [0.1, 0.15) is 17.5 Å². The first-order chi connectivity index (χ1) is 13.5. The van der Waals surface area contributed by atoms with E-state index < -0.39 is 11.6 Å². The molecule has 1 saturated carbocycles. The molecular weight excluding hydrogens is 367 g/mol. The van der Waals surface area contributed by atoms with Crippen LogP contribution in [0.3, 0.4) is 0 Å². The summed E-state index contributed by atoms with van der Waals surface area (Å²) in [6.07, 6.45) is 1.49. The lowest BCUT2D eigenvalue weighted by Gasteiger charge is -2.36. The molecule has 1 fully saturated rings. The lowest BCUT2D eigenvalue weighted by Crippen LogP contribution is -2.44. The molecule has 0 atom stereocenters. The molecule has 3 aromatic rings. The third-order valence-corrected chi connectivity index (χ3v) is 5.37. The van der Waals surface area contributed by atoms with Crippen molar-refractivity contribution >= 4 is 16.8 Å². The number of nitrogens with one attached hydrogen (secondary N) is 3. The van der Waals surface area contributed by atoms with Crippen molar-refractivity contribution in [1.82, 2.24) is 15.6 Å². The van der Waals surface area contributed by atoms with E-state index in [1.54, 1.807) is 19.2 Å². The Morgan fingerprint density at radius 1 is 1.11 bits per heavy atom. The van der Waals surface area contributed by atoms with Gasteiger partial charge in [0, 0.05) is 24.5 Å². The molecule has 3 N–H and O–H groups in total. The second kappa shape index (κ2) is 7.31. The number of likely N-dealkylation sites (N-methyl/N-ethyl adjacent to an activating group) is 1. The fourth-order valence-electron chi connectivity index (χ4n) is 3.85. The first kappa shape index (κ1) is 18.6. The Morgan fingerprint density at radius 2 is 1.82 bits per heavy atom. The van der Waals surface area contributed by atoms with E-state index in [0.717, 1.165) is 24.5 Å². The van der Waals surface area contributed by atoms with Crippen LogP contribution in [-0.2, 0) is 4.79 Å². The summed E-state index contributed by atoms with van der Waals surface area (Å²) in [5.74, 6) is -1.66. The summed E-state index contributed by atoms with van der Waals surface area (Å²) in [6.45, 7) is 0.232. The van der Waals surface area contributed by atoms with Gasteiger partial charge in [-0.3, -0.25) is 4.79 Å². The van der Waals surface area contributed by atoms with Gasteiger partial charge in [-0.05, 0) is 60.2 Å². The van der Waals surface area contributed by atoms with Gasteiger partial charge in [0.05, 0.1) is 17.8 Å². The Bertz CT molecular complexity index is 1020. The number of aromatic nitrogens is 1. The fraction of sp³-hybridized carbons (Fsp3) is 0.286. The highest BCUT2D eigenvalue weighted by Gasteiger charge is 2.34. The molecule has 1 aromatic heterocycles. The van der Waals surface area contributed by atoms with Crippen LogP contribution in [0.4, 0.5) is 13.2 Å². The number of amides is 1. The van der Waals surface area contributed by atoms with Gasteiger partial charge in [0.15, 0.2) is 0 Å². The summed E-state index contributed by atoms with van der Waals surface area (Å²) in [7, 11) is 1.58. The summed E-state index contributed by atoms with van der Waals surface area (Å²) in [5.41, 5.74) is 2.47. The standard InChI is InChI=1S/C21H20F3N3O/c1-25-18(28)10-26-15-6-12(7-15)19-16-8-14(23)9-17(24)21(16)27-20(19)11-2-4-13(22)5-3-11/h2-5,8-9,12,15,26-27H,6-7,10H2,1H3,(H,25,28). The number of H-pyrrole nitrogens is 1. The highest BCUT2D eigenvalue weighted by molar-refractivity contribution is 5.92. The molecule has 0 spiro atoms. The lowest BCUT2D eigenvalue weighted by molar-refractivity contribution is -0.120. The van der Waals surface area contributed by atoms with Crippen LogP contribution in [0, 0.1) is 17.5 Å². The highest BCUT2D eigenvalue weighted by atomic mass is 19.1. The van der Waals surface area contributed by atoms with Gasteiger partial charge in [0.25, 0.3) is 0 Å². The number of carbonyl (C=O) groups is 1. The number of hydrogen-bond acceptors (Lipinski definition) is 2. The van der Waals surface area contributed by atoms with Gasteiger partial charge in [-0.15, -0.1) is 0 Å². The van der Waals surface area contributed by atoms with E-state index in [1.807, 2.05) is 0 Å². The first-order valence-corrected chi connectivity index (χ1v) is 9.16. The van der Waals surface area contributed by atoms with E-state index in [-0.39, 0.29) is 35.7 Å². The SMILES string of the molecule is CNC(=O)CNC1CC(c2c(-c3ccc(F)cc3)[nH]c3c(F)cc(F)cc23)C1. The van der Waals surface area contributed by atoms with Crippen LogP contribution >= 0.6 is 0 Å². The summed E-state index contributed by atoms with van der Waals surface area (Å²) in [4.78, 5) is 14.5. The van der Waals surface area contributed by atoms with Crippen molar-refractivity contribution in [2.24, 2.45) is 0 Å². The molecule has 0 aliphatic heterocycles. The molecule has 0 saturated heterocycles. The van der Waals surface area contributed by atoms with Crippen molar-refractivity contribution in [1.29, 1.82) is 0 Å². The van der Waals surface area contributed by atoms with Crippen LogP contribution in [-0.4, -0.2) is 30.5 Å². The van der Waals surface area contributed by atoms with E-state index in [0.29, 0.717) is 16.6 Å². The molecule has 0 unspecified atom stereocenters. The van der Waals surface area contributed by atoms with Crippen LogP contribution in [0.5, 0.6) is 0 Å². The smallest absolute Gasteiger partial charge is 0.233 e. The minimum atomic E-state index is -0.654. The van der Waals surface area contributed by atoms with Crippen molar-refractivity contribution < 1.29 is 18.0 Å². The van der Waals surface area contributed by atoms with Gasteiger partial charge >= 0.3 is 0 Å². The second-order valence-electron chi connectivity index (χ2n) is 7.15. The molecule has 0 radical (unpaired) electrons. The summed E-state index contributed by atoms with van der Waals surface area (Å²) < 4.78 is 41.6. The third kappa shape index (κ3) is 3.38. The number of fused-ring (bicyclic) bond motifs is 1. The largest absolute Gasteiger partial charge is 0.358 e. The molecule has 1 aliphatic carbocycles. The minimum Gasteiger partial charge on any atom is -0.358 e. The van der Waals surface area contributed by atoms with Crippen LogP contribution in [0.25, 0.3) is 22.2 Å². The quantitative estimate of drug-likeness (QED) is 0.623. The maximum absolute atomic E-state index is 14.3. The topological polar surface area (TPSA) is 56.9 Å². The average Bonchev–Trinajstić information content (AvgIpc) is 3.00. The predicted molar refractivity (Wildman–Crippen MR) is 101 cm³/mol. The Morgan fingerprint density at radius 3 is 2.50 bits per heavy atom. The molecule has 1 heterocycles. The van der Waals surface area contributed by atoms with Crippen molar-refractivity contribution in [2.75, 3.05) is 13.6 Å². The molecule has 28 heavy (non-hydrogen) atoms. The molecule has 7 heteroatoms. The van der Waals surface area contributed by atoms with Crippen LogP contribution < -0.4 is 10.6 Å². The summed E-state index contributed by atoms with van der Waals surface area (Å²) in [5, 5.41) is 6.24. The molecule has 1 aliphatic rings. The van der Waals surface area contributed by atoms with E-state index in [2.05, 4.69) is 15.6 Å². The van der Waals surface area contributed by atoms with Gasteiger partial charge in [0.2, 0.25) is 5.91 Å². The van der Waals surface area contributed by atoms with E-state index in [1.165, 1.54) is 18.2 Å². The molecule has 146 valence electrons. The van der Waals surface area contributed by atoms with E-state index in [9.17, 15) is 18.0 Å². The third-order valence-electron chi connectivity index (χ3n) is 5.37. The van der Waals surface area contributed by atoms with Crippen molar-refractivity contribution in [3.8, 4) is 11.3 Å². The zero-order valence-corrected chi connectivity index (χ0v) is 15.3. The Hall–Kier alpha value is -2.80. The normalized spacial score (nSPS) is 18.9. The zero-order valence-electron chi connectivity index (χ0n) is 15.3. The van der Waals surface area contributed by atoms with Crippen molar-refractivity contribution in [3.63, 3.8) is 0 Å². The number of carbonyl (C=O) groups excluding carboxylic acids is 1. The lowest BCUT2D eigenvalue weighted by atomic mass is 9.74. The second-order valence-corrected chi connectivity index (χ2v) is 7.15. The van der Waals surface area contributed by atoms with Gasteiger partial charge in [-0.1, -0.05) is 0 Å². The Labute approximate surface area is 160 Å².